The maximum absolute atomic E-state index is 5.41. The molecule has 0 saturated carbocycles. The molecule has 0 aliphatic carbocycles. The lowest BCUT2D eigenvalue weighted by molar-refractivity contribution is 0.807. The Balaban J connectivity index is 1.91. The maximum Gasteiger partial charge on any atom is 0.163 e. The summed E-state index contributed by atoms with van der Waals surface area (Å²) in [5.41, 5.74) is 2.30. The molecule has 0 spiro atoms. The van der Waals surface area contributed by atoms with Crippen molar-refractivity contribution >= 4 is 39.5 Å². The average Bonchev–Trinajstić information content (AvgIpc) is 2.73. The van der Waals surface area contributed by atoms with Crippen molar-refractivity contribution in [2.75, 3.05) is 5.32 Å². The smallest absolute Gasteiger partial charge is 0.163 e. The third-order valence-electron chi connectivity index (χ3n) is 2.79. The Morgan fingerprint density at radius 3 is 2.56 bits per heavy atom. The number of benzene rings is 2. The van der Waals surface area contributed by atoms with Crippen LogP contribution in [0.4, 0.5) is 5.69 Å². The fourth-order valence-electron chi connectivity index (χ4n) is 1.89. The van der Waals surface area contributed by atoms with Gasteiger partial charge in [0.15, 0.2) is 3.95 Å². The van der Waals surface area contributed by atoms with Crippen LogP contribution in [0.15, 0.2) is 54.6 Å². The molecule has 1 heterocycles. The van der Waals surface area contributed by atoms with Crippen LogP contribution in [-0.4, -0.2) is 4.57 Å². The maximum atomic E-state index is 5.41. The van der Waals surface area contributed by atoms with E-state index in [1.165, 1.54) is 10.2 Å². The van der Waals surface area contributed by atoms with E-state index in [1.54, 1.807) is 11.3 Å². The molecule has 0 bridgehead atoms. The Morgan fingerprint density at radius 2 is 1.72 bits per heavy atom. The molecule has 4 heteroatoms. The van der Waals surface area contributed by atoms with Gasteiger partial charge in [-0.1, -0.05) is 30.3 Å². The van der Waals surface area contributed by atoms with E-state index in [-0.39, 0.29) is 0 Å². The first-order valence-electron chi connectivity index (χ1n) is 5.72. The summed E-state index contributed by atoms with van der Waals surface area (Å²) in [5, 5.41) is 3.38. The summed E-state index contributed by atoms with van der Waals surface area (Å²) < 4.78 is 4.26. The summed E-state index contributed by atoms with van der Waals surface area (Å²) in [6, 6.07) is 18.5. The molecule has 0 radical (unpaired) electrons. The predicted octanol–water partition coefficient (Wildman–Crippen LogP) is 4.50. The van der Waals surface area contributed by atoms with Gasteiger partial charge in [-0.05, 0) is 36.5 Å². The molecule has 3 aromatic rings. The van der Waals surface area contributed by atoms with Crippen molar-refractivity contribution in [3.05, 3.63) is 58.6 Å². The number of hydrogen-bond acceptors (Lipinski definition) is 3. The first-order valence-corrected chi connectivity index (χ1v) is 6.94. The Morgan fingerprint density at radius 1 is 1.00 bits per heavy atom. The first-order chi connectivity index (χ1) is 8.84. The van der Waals surface area contributed by atoms with Crippen molar-refractivity contribution in [2.24, 2.45) is 0 Å². The lowest BCUT2D eigenvalue weighted by Crippen LogP contribution is -2.07. The van der Waals surface area contributed by atoms with Gasteiger partial charge in [-0.3, -0.25) is 0 Å². The van der Waals surface area contributed by atoms with Crippen molar-refractivity contribution in [1.29, 1.82) is 0 Å². The van der Waals surface area contributed by atoms with Crippen LogP contribution in [0.2, 0.25) is 0 Å². The molecule has 90 valence electrons. The van der Waals surface area contributed by atoms with E-state index >= 15 is 0 Å². The van der Waals surface area contributed by atoms with Gasteiger partial charge in [-0.2, -0.15) is 0 Å². The van der Waals surface area contributed by atoms with Gasteiger partial charge < -0.3 is 9.88 Å². The van der Waals surface area contributed by atoms with E-state index < -0.39 is 0 Å². The lowest BCUT2D eigenvalue weighted by Gasteiger charge is -2.08. The SMILES string of the molecule is S=c1sc2ccccc2n1CNc1ccccc1. The largest absolute Gasteiger partial charge is 0.367 e. The van der Waals surface area contributed by atoms with Gasteiger partial charge >= 0.3 is 0 Å². The summed E-state index contributed by atoms with van der Waals surface area (Å²) in [5.74, 6) is 0. The molecule has 0 fully saturated rings. The molecule has 2 aromatic carbocycles. The van der Waals surface area contributed by atoms with Gasteiger partial charge in [-0.25, -0.2) is 0 Å². The van der Waals surface area contributed by atoms with Crippen LogP contribution in [0.3, 0.4) is 0 Å². The molecule has 1 N–H and O–H groups in total. The van der Waals surface area contributed by atoms with Gasteiger partial charge in [0.2, 0.25) is 0 Å². The number of aromatic nitrogens is 1. The van der Waals surface area contributed by atoms with E-state index in [4.69, 9.17) is 12.2 Å². The normalized spacial score (nSPS) is 10.7. The molecule has 1 aromatic heterocycles. The second-order valence-electron chi connectivity index (χ2n) is 3.96. The standard InChI is InChI=1S/C14H12N2S2/c17-14-16(10-15-11-6-2-1-3-7-11)12-8-4-5-9-13(12)18-14/h1-9,15H,10H2. The third-order valence-corrected chi connectivity index (χ3v) is 4.22. The van der Waals surface area contributed by atoms with E-state index in [0.717, 1.165) is 9.64 Å². The molecule has 3 rings (SSSR count). The van der Waals surface area contributed by atoms with E-state index in [2.05, 4.69) is 34.1 Å². The molecule has 18 heavy (non-hydrogen) atoms. The van der Waals surface area contributed by atoms with E-state index in [1.807, 2.05) is 30.3 Å². The quantitative estimate of drug-likeness (QED) is 0.707. The highest BCUT2D eigenvalue weighted by molar-refractivity contribution is 7.73. The Labute approximate surface area is 115 Å². The Bertz CT molecular complexity index is 713. The van der Waals surface area contributed by atoms with Gasteiger partial charge in [0.1, 0.15) is 0 Å². The van der Waals surface area contributed by atoms with Crippen LogP contribution < -0.4 is 5.32 Å². The summed E-state index contributed by atoms with van der Waals surface area (Å²) in [4.78, 5) is 0. The molecule has 0 aliphatic heterocycles. The highest BCUT2D eigenvalue weighted by Gasteiger charge is 2.03. The predicted molar refractivity (Wildman–Crippen MR) is 80.7 cm³/mol. The second kappa shape index (κ2) is 4.92. The number of rotatable bonds is 3. The van der Waals surface area contributed by atoms with E-state index in [0.29, 0.717) is 6.67 Å². The third kappa shape index (κ3) is 2.17. The van der Waals surface area contributed by atoms with Crippen LogP contribution in [0.5, 0.6) is 0 Å². The first kappa shape index (κ1) is 11.4. The fourth-order valence-corrected chi connectivity index (χ4v) is 3.21. The van der Waals surface area contributed by atoms with Crippen molar-refractivity contribution < 1.29 is 0 Å². The van der Waals surface area contributed by atoms with E-state index in [9.17, 15) is 0 Å². The topological polar surface area (TPSA) is 17.0 Å². The lowest BCUT2D eigenvalue weighted by atomic mass is 10.3. The molecule has 0 atom stereocenters. The summed E-state index contributed by atoms with van der Waals surface area (Å²) in [7, 11) is 0. The monoisotopic (exact) mass is 272 g/mol. The fraction of sp³-hybridized carbons (Fsp3) is 0.0714. The summed E-state index contributed by atoms with van der Waals surface area (Å²) in [6.07, 6.45) is 0. The van der Waals surface area contributed by atoms with Crippen LogP contribution in [0.1, 0.15) is 0 Å². The zero-order chi connectivity index (χ0) is 12.4. The molecule has 0 aliphatic rings. The van der Waals surface area contributed by atoms with Crippen LogP contribution in [0.25, 0.3) is 10.2 Å². The van der Waals surface area contributed by atoms with Crippen molar-refractivity contribution in [3.8, 4) is 0 Å². The van der Waals surface area contributed by atoms with Gasteiger partial charge in [-0.15, -0.1) is 11.3 Å². The minimum atomic E-state index is 0.701. The molecule has 0 unspecified atom stereocenters. The van der Waals surface area contributed by atoms with Crippen LogP contribution in [-0.2, 0) is 6.67 Å². The molecule has 0 amide bonds. The molecule has 2 nitrogen and oxygen atoms in total. The minimum Gasteiger partial charge on any atom is -0.367 e. The zero-order valence-corrected chi connectivity index (χ0v) is 11.3. The molecular formula is C14H12N2S2. The Hall–Kier alpha value is -1.65. The number of fused-ring (bicyclic) bond motifs is 1. The summed E-state index contributed by atoms with van der Waals surface area (Å²) >= 11 is 7.06. The number of hydrogen-bond donors (Lipinski definition) is 1. The minimum absolute atomic E-state index is 0.701. The Kier molecular flexibility index (Phi) is 3.13. The second-order valence-corrected chi connectivity index (χ2v) is 5.64. The number of nitrogens with one attached hydrogen (secondary N) is 1. The van der Waals surface area contributed by atoms with Crippen LogP contribution in [0, 0.1) is 3.95 Å². The van der Waals surface area contributed by atoms with Gasteiger partial charge in [0.25, 0.3) is 0 Å². The molecule has 0 saturated heterocycles. The van der Waals surface area contributed by atoms with Gasteiger partial charge in [0.05, 0.1) is 16.9 Å². The number of para-hydroxylation sites is 2. The number of anilines is 1. The van der Waals surface area contributed by atoms with Crippen molar-refractivity contribution in [2.45, 2.75) is 6.67 Å². The zero-order valence-electron chi connectivity index (χ0n) is 9.67. The molecular weight excluding hydrogens is 260 g/mol. The summed E-state index contributed by atoms with van der Waals surface area (Å²) in [6.45, 7) is 0.701. The van der Waals surface area contributed by atoms with Crippen LogP contribution >= 0.6 is 23.6 Å². The van der Waals surface area contributed by atoms with Crippen molar-refractivity contribution in [3.63, 3.8) is 0 Å². The highest BCUT2D eigenvalue weighted by atomic mass is 32.1. The van der Waals surface area contributed by atoms with Gasteiger partial charge in [0, 0.05) is 5.69 Å². The van der Waals surface area contributed by atoms with Crippen molar-refractivity contribution in [1.82, 2.24) is 4.57 Å². The average molecular weight is 272 g/mol. The number of nitrogens with zero attached hydrogens (tertiary/aromatic N) is 1. The number of thiazole rings is 1. The highest BCUT2D eigenvalue weighted by Crippen LogP contribution is 2.22.